The molecule has 0 saturated carbocycles. The van der Waals surface area contributed by atoms with Crippen LogP contribution in [0.5, 0.6) is 0 Å². The predicted molar refractivity (Wildman–Crippen MR) is 47.5 cm³/mol. The van der Waals surface area contributed by atoms with Gasteiger partial charge in [-0.2, -0.15) is 0 Å². The van der Waals surface area contributed by atoms with Gasteiger partial charge in [0.15, 0.2) is 0 Å². The van der Waals surface area contributed by atoms with Crippen LogP contribution in [0.2, 0.25) is 5.02 Å². The summed E-state index contributed by atoms with van der Waals surface area (Å²) < 4.78 is 12.9. The van der Waals surface area contributed by atoms with E-state index in [1.165, 1.54) is 12.1 Å². The lowest BCUT2D eigenvalue weighted by Gasteiger charge is -2.04. The third kappa shape index (κ3) is 2.32. The van der Waals surface area contributed by atoms with Crippen LogP contribution in [0.15, 0.2) is 23.3 Å². The second-order valence-electron chi connectivity index (χ2n) is 2.32. The van der Waals surface area contributed by atoms with Crippen LogP contribution in [0.3, 0.4) is 0 Å². The third-order valence-electron chi connectivity index (χ3n) is 1.46. The molecule has 0 amide bonds. The first-order valence-corrected chi connectivity index (χ1v) is 3.77. The molecule has 0 aliphatic rings. The van der Waals surface area contributed by atoms with Crippen LogP contribution in [0, 0.1) is 5.82 Å². The highest BCUT2D eigenvalue weighted by atomic mass is 35.5. The van der Waals surface area contributed by atoms with E-state index in [2.05, 4.69) is 10.0 Å². The van der Waals surface area contributed by atoms with E-state index in [1.54, 1.807) is 0 Å². The number of hydrogen-bond acceptors (Lipinski definition) is 2. The van der Waals surface area contributed by atoms with Crippen molar-refractivity contribution in [3.05, 3.63) is 45.0 Å². The molecular weight excluding hydrogens is 195 g/mol. The third-order valence-corrected chi connectivity index (χ3v) is 1.77. The van der Waals surface area contributed by atoms with E-state index in [9.17, 15) is 4.39 Å². The Labute approximate surface area is 78.7 Å². The van der Waals surface area contributed by atoms with Crippen LogP contribution in [0.4, 0.5) is 4.39 Å². The molecule has 1 unspecified atom stereocenters. The number of azide groups is 1. The maximum atomic E-state index is 12.9. The average molecular weight is 201 g/mol. The van der Waals surface area contributed by atoms with Crippen LogP contribution in [0.1, 0.15) is 11.7 Å². The molecule has 4 nitrogen and oxygen atoms in total. The molecule has 0 spiro atoms. The van der Waals surface area contributed by atoms with Gasteiger partial charge in [0.2, 0.25) is 0 Å². The van der Waals surface area contributed by atoms with E-state index >= 15 is 0 Å². The van der Waals surface area contributed by atoms with Gasteiger partial charge in [-0.25, -0.2) is 4.39 Å². The molecule has 0 radical (unpaired) electrons. The van der Waals surface area contributed by atoms with Gasteiger partial charge in [0.05, 0.1) is 5.02 Å². The lowest BCUT2D eigenvalue weighted by molar-refractivity contribution is 0.621. The molecule has 13 heavy (non-hydrogen) atoms. The highest BCUT2D eigenvalue weighted by molar-refractivity contribution is 6.30. The van der Waals surface area contributed by atoms with Gasteiger partial charge in [0.25, 0.3) is 0 Å². The molecule has 1 atom stereocenters. The highest BCUT2D eigenvalue weighted by Crippen LogP contribution is 2.19. The summed E-state index contributed by atoms with van der Waals surface area (Å²) in [5.41, 5.74) is 13.9. The Morgan fingerprint density at radius 2 is 2.31 bits per heavy atom. The van der Waals surface area contributed by atoms with Gasteiger partial charge in [-0.15, -0.1) is 0 Å². The maximum Gasteiger partial charge on any atom is 0.142 e. The van der Waals surface area contributed by atoms with Crippen molar-refractivity contribution < 1.29 is 4.39 Å². The summed E-state index contributed by atoms with van der Waals surface area (Å²) in [5.74, 6) is -0.581. The first-order valence-electron chi connectivity index (χ1n) is 3.40. The number of benzene rings is 1. The SMILES string of the molecule is [N-]=[N+]=NC(N)c1ccc(Cl)c(F)c1. The van der Waals surface area contributed by atoms with Crippen molar-refractivity contribution in [1.82, 2.24) is 0 Å². The molecule has 0 aliphatic carbocycles. The quantitative estimate of drug-likeness (QED) is 0.445. The average Bonchev–Trinajstić information content (AvgIpc) is 2.10. The van der Waals surface area contributed by atoms with Crippen molar-refractivity contribution in [1.29, 1.82) is 0 Å². The van der Waals surface area contributed by atoms with E-state index in [0.29, 0.717) is 5.56 Å². The van der Waals surface area contributed by atoms with Gasteiger partial charge in [0.1, 0.15) is 12.0 Å². The maximum absolute atomic E-state index is 12.9. The van der Waals surface area contributed by atoms with Crippen molar-refractivity contribution >= 4 is 11.6 Å². The minimum Gasteiger partial charge on any atom is -0.319 e. The second-order valence-corrected chi connectivity index (χ2v) is 2.73. The van der Waals surface area contributed by atoms with Crippen molar-refractivity contribution in [2.75, 3.05) is 0 Å². The number of nitrogens with two attached hydrogens (primary N) is 1. The van der Waals surface area contributed by atoms with Crippen LogP contribution in [-0.4, -0.2) is 0 Å². The Morgan fingerprint density at radius 3 is 2.85 bits per heavy atom. The summed E-state index contributed by atoms with van der Waals surface area (Å²) in [7, 11) is 0. The number of nitrogens with zero attached hydrogens (tertiary/aromatic N) is 3. The summed E-state index contributed by atoms with van der Waals surface area (Å²) in [6.07, 6.45) is -0.878. The summed E-state index contributed by atoms with van der Waals surface area (Å²) in [5, 5.41) is 3.23. The molecule has 0 heterocycles. The van der Waals surface area contributed by atoms with Gasteiger partial charge >= 0.3 is 0 Å². The lowest BCUT2D eigenvalue weighted by Crippen LogP contribution is -2.06. The van der Waals surface area contributed by atoms with Crippen LogP contribution in [-0.2, 0) is 0 Å². The summed E-state index contributed by atoms with van der Waals surface area (Å²) in [6, 6.07) is 4.01. The Bertz CT molecular complexity index is 362. The fourth-order valence-electron chi connectivity index (χ4n) is 0.819. The monoisotopic (exact) mass is 200 g/mol. The normalized spacial score (nSPS) is 11.9. The second kappa shape index (κ2) is 4.09. The molecule has 0 aliphatic heterocycles. The number of rotatable bonds is 2. The minimum atomic E-state index is -0.878. The Hall–Kier alpha value is -1.29. The topological polar surface area (TPSA) is 74.8 Å². The highest BCUT2D eigenvalue weighted by Gasteiger charge is 2.06. The molecular formula is C7H6ClFN4. The van der Waals surface area contributed by atoms with Crippen molar-refractivity contribution in [2.24, 2.45) is 10.8 Å². The zero-order chi connectivity index (χ0) is 9.84. The van der Waals surface area contributed by atoms with Crippen molar-refractivity contribution in [3.63, 3.8) is 0 Å². The van der Waals surface area contributed by atoms with E-state index in [4.69, 9.17) is 22.9 Å². The first kappa shape index (κ1) is 9.80. The Kier molecular flexibility index (Phi) is 3.08. The summed E-state index contributed by atoms with van der Waals surface area (Å²) >= 11 is 5.44. The molecule has 6 heteroatoms. The van der Waals surface area contributed by atoms with E-state index in [-0.39, 0.29) is 5.02 Å². The van der Waals surface area contributed by atoms with Crippen molar-refractivity contribution in [2.45, 2.75) is 6.17 Å². The van der Waals surface area contributed by atoms with Gasteiger partial charge in [-0.1, -0.05) is 22.8 Å². The zero-order valence-corrected chi connectivity index (χ0v) is 7.24. The van der Waals surface area contributed by atoms with Gasteiger partial charge < -0.3 is 5.73 Å². The smallest absolute Gasteiger partial charge is 0.142 e. The molecule has 68 valence electrons. The van der Waals surface area contributed by atoms with E-state index in [0.717, 1.165) is 6.07 Å². The summed E-state index contributed by atoms with van der Waals surface area (Å²) in [4.78, 5) is 2.51. The molecule has 0 saturated heterocycles. The molecule has 0 fully saturated rings. The largest absolute Gasteiger partial charge is 0.319 e. The standard InChI is InChI=1S/C7H6ClFN4/c8-5-2-1-4(3-6(5)9)7(10)12-13-11/h1-3,7H,10H2. The molecule has 1 aromatic rings. The first-order chi connectivity index (χ1) is 6.15. The van der Waals surface area contributed by atoms with Crippen LogP contribution >= 0.6 is 11.6 Å². The predicted octanol–water partition coefficient (Wildman–Crippen LogP) is 2.75. The minimum absolute atomic E-state index is 0.0110. The summed E-state index contributed by atoms with van der Waals surface area (Å²) in [6.45, 7) is 0. The molecule has 1 rings (SSSR count). The fourth-order valence-corrected chi connectivity index (χ4v) is 0.936. The Balaban J connectivity index is 3.03. The zero-order valence-electron chi connectivity index (χ0n) is 6.48. The van der Waals surface area contributed by atoms with Crippen LogP contribution < -0.4 is 5.73 Å². The van der Waals surface area contributed by atoms with Gasteiger partial charge in [-0.3, -0.25) is 0 Å². The lowest BCUT2D eigenvalue weighted by atomic mass is 10.2. The van der Waals surface area contributed by atoms with Gasteiger partial charge in [-0.05, 0) is 23.2 Å². The molecule has 2 N–H and O–H groups in total. The van der Waals surface area contributed by atoms with Crippen molar-refractivity contribution in [3.8, 4) is 0 Å². The van der Waals surface area contributed by atoms with Crippen LogP contribution in [0.25, 0.3) is 10.4 Å². The molecule has 0 aromatic heterocycles. The van der Waals surface area contributed by atoms with E-state index < -0.39 is 12.0 Å². The molecule has 0 bridgehead atoms. The number of halogens is 2. The van der Waals surface area contributed by atoms with Gasteiger partial charge in [0, 0.05) is 4.91 Å². The Morgan fingerprint density at radius 1 is 1.62 bits per heavy atom. The number of hydrogen-bond donors (Lipinski definition) is 1. The molecule has 1 aromatic carbocycles. The van der Waals surface area contributed by atoms with E-state index in [1.807, 2.05) is 0 Å². The fraction of sp³-hybridized carbons (Fsp3) is 0.143.